The summed E-state index contributed by atoms with van der Waals surface area (Å²) in [5.41, 5.74) is 9.69. The van der Waals surface area contributed by atoms with Gasteiger partial charge in [0.2, 0.25) is 0 Å². The SMILES string of the molecule is C=C/C=C/CCCc1ccc(N(c2ccc(-c3cccc4ccccc34)cc2)c2ccc(-c3cccc4ccccc34)cc2)cc1. The van der Waals surface area contributed by atoms with E-state index in [1.165, 1.54) is 49.4 Å². The lowest BCUT2D eigenvalue weighted by Gasteiger charge is -2.26. The van der Waals surface area contributed by atoms with Gasteiger partial charge in [0.15, 0.2) is 0 Å². The van der Waals surface area contributed by atoms with Crippen LogP contribution < -0.4 is 4.90 Å². The number of hydrogen-bond acceptors (Lipinski definition) is 1. The number of aryl methyl sites for hydroxylation is 1. The molecule has 0 radical (unpaired) electrons. The molecular weight excluding hydrogens is 555 g/mol. The Morgan fingerprint density at radius 3 is 1.43 bits per heavy atom. The van der Waals surface area contributed by atoms with Crippen LogP contribution >= 0.6 is 0 Å². The summed E-state index contributed by atoms with van der Waals surface area (Å²) in [6.07, 6.45) is 9.30. The van der Waals surface area contributed by atoms with Crippen LogP contribution in [0.25, 0.3) is 43.8 Å². The predicted molar refractivity (Wildman–Crippen MR) is 199 cm³/mol. The molecule has 0 heterocycles. The molecule has 0 atom stereocenters. The highest BCUT2D eigenvalue weighted by Gasteiger charge is 2.14. The average molecular weight is 592 g/mol. The summed E-state index contributed by atoms with van der Waals surface area (Å²) < 4.78 is 0. The van der Waals surface area contributed by atoms with E-state index in [0.29, 0.717) is 0 Å². The second-order valence-electron chi connectivity index (χ2n) is 11.7. The minimum atomic E-state index is 1.06. The van der Waals surface area contributed by atoms with Crippen LogP contribution in [0.1, 0.15) is 18.4 Å². The van der Waals surface area contributed by atoms with Crippen LogP contribution in [0.15, 0.2) is 183 Å². The summed E-state index contributed by atoms with van der Waals surface area (Å²) in [5, 5.41) is 5.06. The van der Waals surface area contributed by atoms with Crippen molar-refractivity contribution < 1.29 is 0 Å². The van der Waals surface area contributed by atoms with E-state index in [0.717, 1.165) is 36.3 Å². The Morgan fingerprint density at radius 2 is 0.935 bits per heavy atom. The molecule has 0 saturated carbocycles. The first-order valence-corrected chi connectivity index (χ1v) is 16.1. The number of fused-ring (bicyclic) bond motifs is 2. The molecule has 222 valence electrons. The van der Waals surface area contributed by atoms with Gasteiger partial charge in [0, 0.05) is 17.1 Å². The number of nitrogens with zero attached hydrogens (tertiary/aromatic N) is 1. The van der Waals surface area contributed by atoms with Crippen LogP contribution in [0.3, 0.4) is 0 Å². The molecule has 0 aliphatic rings. The molecule has 46 heavy (non-hydrogen) atoms. The maximum absolute atomic E-state index is 3.77. The molecule has 0 spiro atoms. The molecule has 0 fully saturated rings. The van der Waals surface area contributed by atoms with Crippen molar-refractivity contribution >= 4 is 38.6 Å². The van der Waals surface area contributed by atoms with Gasteiger partial charge >= 0.3 is 0 Å². The molecule has 0 aliphatic carbocycles. The zero-order chi connectivity index (χ0) is 31.1. The molecule has 0 amide bonds. The number of hydrogen-bond donors (Lipinski definition) is 0. The van der Waals surface area contributed by atoms with Gasteiger partial charge in [0.25, 0.3) is 0 Å². The van der Waals surface area contributed by atoms with Crippen LogP contribution in [0, 0.1) is 0 Å². The summed E-state index contributed by atoms with van der Waals surface area (Å²) in [6, 6.07) is 57.3. The minimum absolute atomic E-state index is 1.06. The van der Waals surface area contributed by atoms with Crippen LogP contribution in [-0.2, 0) is 6.42 Å². The Labute approximate surface area is 272 Å². The fourth-order valence-corrected chi connectivity index (χ4v) is 6.41. The third kappa shape index (κ3) is 6.14. The normalized spacial score (nSPS) is 11.3. The molecule has 0 aliphatic heterocycles. The van der Waals surface area contributed by atoms with Crippen molar-refractivity contribution in [3.63, 3.8) is 0 Å². The van der Waals surface area contributed by atoms with Gasteiger partial charge in [-0.05, 0) is 105 Å². The molecule has 7 aromatic rings. The lowest BCUT2D eigenvalue weighted by Crippen LogP contribution is -2.10. The number of anilines is 3. The molecule has 0 aromatic heterocycles. The molecule has 1 heteroatoms. The quantitative estimate of drug-likeness (QED) is 0.113. The Bertz CT molecular complexity index is 1980. The van der Waals surface area contributed by atoms with Crippen molar-refractivity contribution in [2.75, 3.05) is 4.90 Å². The predicted octanol–water partition coefficient (Wildman–Crippen LogP) is 12.9. The zero-order valence-electron chi connectivity index (χ0n) is 26.0. The van der Waals surface area contributed by atoms with Crippen LogP contribution in [-0.4, -0.2) is 0 Å². The Kier molecular flexibility index (Phi) is 8.56. The number of unbranched alkanes of at least 4 members (excludes halogenated alkanes) is 1. The van der Waals surface area contributed by atoms with Gasteiger partial charge in [0.1, 0.15) is 0 Å². The average Bonchev–Trinajstić information content (AvgIpc) is 3.12. The van der Waals surface area contributed by atoms with Crippen molar-refractivity contribution in [1.29, 1.82) is 0 Å². The molecular formula is C45H37N. The van der Waals surface area contributed by atoms with Gasteiger partial charge in [-0.1, -0.05) is 146 Å². The van der Waals surface area contributed by atoms with Crippen molar-refractivity contribution in [3.05, 3.63) is 188 Å². The fraction of sp³-hybridized carbons (Fsp3) is 0.0667. The standard InChI is InChI=1S/C45H37N/c1-2-3-4-5-6-13-34-22-28-39(29-23-34)46(40-30-24-37(25-31-40)44-20-11-16-35-14-7-9-18-42(35)44)41-32-26-38(27-33-41)45-21-12-17-36-15-8-10-19-43(36)45/h2-4,7-12,14-33H,1,5-6,13H2/b4-3+. The fourth-order valence-electron chi connectivity index (χ4n) is 6.41. The maximum Gasteiger partial charge on any atom is 0.0462 e. The largest absolute Gasteiger partial charge is 0.311 e. The van der Waals surface area contributed by atoms with Crippen molar-refractivity contribution in [2.24, 2.45) is 0 Å². The zero-order valence-corrected chi connectivity index (χ0v) is 26.0. The maximum atomic E-state index is 3.77. The van der Waals surface area contributed by atoms with Crippen LogP contribution in [0.2, 0.25) is 0 Å². The van der Waals surface area contributed by atoms with Gasteiger partial charge in [-0.15, -0.1) is 0 Å². The van der Waals surface area contributed by atoms with Gasteiger partial charge in [0.05, 0.1) is 0 Å². The molecule has 7 aromatic carbocycles. The molecule has 1 nitrogen and oxygen atoms in total. The summed E-state index contributed by atoms with van der Waals surface area (Å²) in [5.74, 6) is 0. The highest BCUT2D eigenvalue weighted by Crippen LogP contribution is 2.38. The Morgan fingerprint density at radius 1 is 0.478 bits per heavy atom. The molecule has 0 unspecified atom stereocenters. The molecule has 7 rings (SSSR count). The highest BCUT2D eigenvalue weighted by atomic mass is 15.1. The highest BCUT2D eigenvalue weighted by molar-refractivity contribution is 5.98. The topological polar surface area (TPSA) is 3.24 Å². The van der Waals surface area contributed by atoms with E-state index in [4.69, 9.17) is 0 Å². The van der Waals surface area contributed by atoms with Crippen LogP contribution in [0.4, 0.5) is 17.1 Å². The number of allylic oxidation sites excluding steroid dienone is 3. The summed E-state index contributed by atoms with van der Waals surface area (Å²) in [6.45, 7) is 3.77. The smallest absolute Gasteiger partial charge is 0.0462 e. The van der Waals surface area contributed by atoms with E-state index in [-0.39, 0.29) is 0 Å². The minimum Gasteiger partial charge on any atom is -0.311 e. The molecule has 0 saturated heterocycles. The van der Waals surface area contributed by atoms with Crippen molar-refractivity contribution in [3.8, 4) is 22.3 Å². The van der Waals surface area contributed by atoms with Gasteiger partial charge in [-0.25, -0.2) is 0 Å². The van der Waals surface area contributed by atoms with Crippen molar-refractivity contribution in [1.82, 2.24) is 0 Å². The van der Waals surface area contributed by atoms with E-state index >= 15 is 0 Å². The lowest BCUT2D eigenvalue weighted by atomic mass is 9.97. The molecule has 0 bridgehead atoms. The van der Waals surface area contributed by atoms with E-state index in [1.807, 2.05) is 12.2 Å². The summed E-state index contributed by atoms with van der Waals surface area (Å²) in [7, 11) is 0. The Balaban J connectivity index is 1.23. The first kappa shape index (κ1) is 29.1. The second kappa shape index (κ2) is 13.5. The van der Waals surface area contributed by atoms with E-state index in [1.54, 1.807) is 0 Å². The first-order chi connectivity index (χ1) is 22.8. The van der Waals surface area contributed by atoms with E-state index in [2.05, 4.69) is 175 Å². The van der Waals surface area contributed by atoms with Crippen molar-refractivity contribution in [2.45, 2.75) is 19.3 Å². The monoisotopic (exact) mass is 591 g/mol. The first-order valence-electron chi connectivity index (χ1n) is 16.1. The van der Waals surface area contributed by atoms with E-state index < -0.39 is 0 Å². The third-order valence-electron chi connectivity index (χ3n) is 8.76. The van der Waals surface area contributed by atoms with E-state index in [9.17, 15) is 0 Å². The van der Waals surface area contributed by atoms with Crippen LogP contribution in [0.5, 0.6) is 0 Å². The second-order valence-corrected chi connectivity index (χ2v) is 11.7. The Hall–Kier alpha value is -5.66. The number of benzene rings is 7. The third-order valence-corrected chi connectivity index (χ3v) is 8.76. The van der Waals surface area contributed by atoms with Gasteiger partial charge in [-0.3, -0.25) is 0 Å². The molecule has 0 N–H and O–H groups in total. The summed E-state index contributed by atoms with van der Waals surface area (Å²) >= 11 is 0. The van der Waals surface area contributed by atoms with Gasteiger partial charge < -0.3 is 4.90 Å². The lowest BCUT2D eigenvalue weighted by molar-refractivity contribution is 0.843. The number of rotatable bonds is 10. The van der Waals surface area contributed by atoms with Gasteiger partial charge in [-0.2, -0.15) is 0 Å². The summed E-state index contributed by atoms with van der Waals surface area (Å²) in [4.78, 5) is 2.36.